The SMILES string of the molecule is O=C(CSc1ccc(F)cc1Cl)N1CCC(N2CC(COc3ccccc3)OC2=O)CC1. The number of hydrogen-bond acceptors (Lipinski definition) is 5. The molecule has 32 heavy (non-hydrogen) atoms. The molecular weight excluding hydrogens is 455 g/mol. The van der Waals surface area contributed by atoms with Crippen LogP contribution in [-0.2, 0) is 9.53 Å². The monoisotopic (exact) mass is 478 g/mol. The number of hydrogen-bond donors (Lipinski definition) is 0. The van der Waals surface area contributed by atoms with Gasteiger partial charge in [0.15, 0.2) is 6.10 Å². The van der Waals surface area contributed by atoms with Crippen LogP contribution in [0.25, 0.3) is 0 Å². The summed E-state index contributed by atoms with van der Waals surface area (Å²) in [4.78, 5) is 29.2. The molecule has 2 aromatic rings. The van der Waals surface area contributed by atoms with E-state index in [2.05, 4.69) is 0 Å². The van der Waals surface area contributed by atoms with Gasteiger partial charge in [-0.05, 0) is 43.2 Å². The van der Waals surface area contributed by atoms with Gasteiger partial charge in [0, 0.05) is 24.0 Å². The van der Waals surface area contributed by atoms with E-state index >= 15 is 0 Å². The zero-order chi connectivity index (χ0) is 22.5. The van der Waals surface area contributed by atoms with Crippen LogP contribution in [0.15, 0.2) is 53.4 Å². The van der Waals surface area contributed by atoms with Crippen LogP contribution in [-0.4, -0.2) is 65.9 Å². The van der Waals surface area contributed by atoms with Crippen LogP contribution in [0.5, 0.6) is 5.75 Å². The molecule has 0 aliphatic carbocycles. The Kier molecular flexibility index (Phi) is 7.42. The van der Waals surface area contributed by atoms with Crippen molar-refractivity contribution >= 4 is 35.4 Å². The molecule has 0 aromatic heterocycles. The summed E-state index contributed by atoms with van der Waals surface area (Å²) in [5, 5.41) is 0.305. The van der Waals surface area contributed by atoms with Gasteiger partial charge in [-0.15, -0.1) is 11.8 Å². The Morgan fingerprint density at radius 3 is 2.66 bits per heavy atom. The summed E-state index contributed by atoms with van der Waals surface area (Å²) in [6.07, 6.45) is 0.779. The van der Waals surface area contributed by atoms with Crippen LogP contribution in [0.2, 0.25) is 5.02 Å². The quantitative estimate of drug-likeness (QED) is 0.550. The maximum Gasteiger partial charge on any atom is 0.410 e. The highest BCUT2D eigenvalue weighted by molar-refractivity contribution is 8.00. The Morgan fingerprint density at radius 2 is 1.94 bits per heavy atom. The topological polar surface area (TPSA) is 59.1 Å². The van der Waals surface area contributed by atoms with Crippen molar-refractivity contribution < 1.29 is 23.5 Å². The van der Waals surface area contributed by atoms with Crippen LogP contribution in [0.4, 0.5) is 9.18 Å². The summed E-state index contributed by atoms with van der Waals surface area (Å²) in [6, 6.07) is 13.6. The van der Waals surface area contributed by atoms with E-state index in [-0.39, 0.29) is 29.9 Å². The largest absolute Gasteiger partial charge is 0.490 e. The van der Waals surface area contributed by atoms with E-state index in [1.165, 1.54) is 23.9 Å². The highest BCUT2D eigenvalue weighted by Crippen LogP contribution is 2.29. The Labute approximate surface area is 195 Å². The lowest BCUT2D eigenvalue weighted by Crippen LogP contribution is -2.47. The normalized spacial score (nSPS) is 19.2. The number of para-hydroxylation sites is 1. The van der Waals surface area contributed by atoms with Crippen LogP contribution >= 0.6 is 23.4 Å². The van der Waals surface area contributed by atoms with Gasteiger partial charge < -0.3 is 19.3 Å². The lowest BCUT2D eigenvalue weighted by atomic mass is 10.0. The van der Waals surface area contributed by atoms with Gasteiger partial charge in [-0.3, -0.25) is 4.79 Å². The fourth-order valence-electron chi connectivity index (χ4n) is 3.88. The molecule has 2 heterocycles. The van der Waals surface area contributed by atoms with Gasteiger partial charge >= 0.3 is 6.09 Å². The number of carbonyl (C=O) groups excluding carboxylic acids is 2. The van der Waals surface area contributed by atoms with E-state index in [1.54, 1.807) is 15.9 Å². The van der Waals surface area contributed by atoms with E-state index < -0.39 is 5.82 Å². The van der Waals surface area contributed by atoms with E-state index in [9.17, 15) is 14.0 Å². The lowest BCUT2D eigenvalue weighted by molar-refractivity contribution is -0.129. The first-order chi connectivity index (χ1) is 15.5. The molecule has 170 valence electrons. The van der Waals surface area contributed by atoms with Crippen molar-refractivity contribution in [1.29, 1.82) is 0 Å². The average molecular weight is 479 g/mol. The highest BCUT2D eigenvalue weighted by atomic mass is 35.5. The molecule has 0 spiro atoms. The molecule has 0 N–H and O–H groups in total. The van der Waals surface area contributed by atoms with Crippen molar-refractivity contribution in [2.24, 2.45) is 0 Å². The first-order valence-electron chi connectivity index (χ1n) is 10.5. The molecule has 2 aliphatic rings. The molecule has 0 radical (unpaired) electrons. The van der Waals surface area contributed by atoms with Gasteiger partial charge in [-0.1, -0.05) is 29.8 Å². The predicted octanol–water partition coefficient (Wildman–Crippen LogP) is 4.46. The summed E-state index contributed by atoms with van der Waals surface area (Å²) in [7, 11) is 0. The number of carbonyl (C=O) groups is 2. The molecule has 1 unspecified atom stereocenters. The summed E-state index contributed by atoms with van der Waals surface area (Å²) >= 11 is 7.33. The number of ether oxygens (including phenoxy) is 2. The molecule has 6 nitrogen and oxygen atoms in total. The Hall–Kier alpha value is -2.45. The van der Waals surface area contributed by atoms with Crippen molar-refractivity contribution in [3.63, 3.8) is 0 Å². The second-order valence-corrected chi connectivity index (χ2v) is 9.18. The van der Waals surface area contributed by atoms with Gasteiger partial charge in [-0.2, -0.15) is 0 Å². The van der Waals surface area contributed by atoms with Gasteiger partial charge in [0.2, 0.25) is 5.91 Å². The molecule has 1 atom stereocenters. The van der Waals surface area contributed by atoms with Gasteiger partial charge in [0.05, 0.1) is 17.3 Å². The summed E-state index contributed by atoms with van der Waals surface area (Å²) in [5.74, 6) is 0.586. The molecular formula is C23H24ClFN2O4S. The van der Waals surface area contributed by atoms with Crippen molar-refractivity contribution in [2.75, 3.05) is 32.0 Å². The Morgan fingerprint density at radius 1 is 1.19 bits per heavy atom. The molecule has 2 amide bonds. The van der Waals surface area contributed by atoms with Crippen LogP contribution in [0.1, 0.15) is 12.8 Å². The number of likely N-dealkylation sites (tertiary alicyclic amines) is 1. The smallest absolute Gasteiger partial charge is 0.410 e. The number of piperidine rings is 1. The molecule has 4 rings (SSSR count). The predicted molar refractivity (Wildman–Crippen MR) is 121 cm³/mol. The van der Waals surface area contributed by atoms with Crippen LogP contribution in [0.3, 0.4) is 0 Å². The summed E-state index contributed by atoms with van der Waals surface area (Å²) < 4.78 is 24.3. The number of halogens is 2. The zero-order valence-electron chi connectivity index (χ0n) is 17.4. The van der Waals surface area contributed by atoms with Crippen molar-refractivity contribution in [3.8, 4) is 5.75 Å². The van der Waals surface area contributed by atoms with Gasteiger partial charge in [0.25, 0.3) is 0 Å². The molecule has 0 saturated carbocycles. The van der Waals surface area contributed by atoms with Crippen molar-refractivity contribution in [1.82, 2.24) is 9.80 Å². The van der Waals surface area contributed by atoms with Gasteiger partial charge in [0.1, 0.15) is 18.2 Å². The Bertz CT molecular complexity index is 956. The fraction of sp³-hybridized carbons (Fsp3) is 0.391. The number of rotatable bonds is 7. The minimum absolute atomic E-state index is 0.00646. The van der Waals surface area contributed by atoms with Gasteiger partial charge in [-0.25, -0.2) is 9.18 Å². The van der Waals surface area contributed by atoms with E-state index in [0.29, 0.717) is 49.0 Å². The number of amides is 2. The van der Waals surface area contributed by atoms with Crippen LogP contribution < -0.4 is 4.74 Å². The lowest BCUT2D eigenvalue weighted by Gasteiger charge is -2.35. The van der Waals surface area contributed by atoms with E-state index in [4.69, 9.17) is 21.1 Å². The number of benzene rings is 2. The number of thioether (sulfide) groups is 1. The average Bonchev–Trinajstić information content (AvgIpc) is 3.18. The van der Waals surface area contributed by atoms with Crippen molar-refractivity contribution in [3.05, 3.63) is 59.4 Å². The second-order valence-electron chi connectivity index (χ2n) is 7.76. The summed E-state index contributed by atoms with van der Waals surface area (Å²) in [5.41, 5.74) is 0. The molecule has 2 aromatic carbocycles. The summed E-state index contributed by atoms with van der Waals surface area (Å²) in [6.45, 7) is 1.96. The molecule has 0 bridgehead atoms. The second kappa shape index (κ2) is 10.4. The molecule has 2 aliphatic heterocycles. The molecule has 2 fully saturated rings. The maximum absolute atomic E-state index is 13.2. The van der Waals surface area contributed by atoms with Crippen LogP contribution in [0, 0.1) is 5.82 Å². The third kappa shape index (κ3) is 5.66. The van der Waals surface area contributed by atoms with E-state index in [1.807, 2.05) is 30.3 Å². The van der Waals surface area contributed by atoms with Crippen molar-refractivity contribution in [2.45, 2.75) is 29.9 Å². The maximum atomic E-state index is 13.2. The minimum atomic E-state index is -0.401. The minimum Gasteiger partial charge on any atom is -0.490 e. The molecule has 9 heteroatoms. The number of cyclic esters (lactones) is 1. The third-order valence-electron chi connectivity index (χ3n) is 5.58. The fourth-order valence-corrected chi connectivity index (χ4v) is 5.04. The third-order valence-corrected chi connectivity index (χ3v) is 7.07. The number of nitrogens with zero attached hydrogens (tertiary/aromatic N) is 2. The highest BCUT2D eigenvalue weighted by Gasteiger charge is 2.38. The molecule has 2 saturated heterocycles. The zero-order valence-corrected chi connectivity index (χ0v) is 19.0. The standard InChI is InChI=1S/C23H24ClFN2O4S/c24-20-12-16(25)6-7-21(20)32-15-22(28)26-10-8-17(9-11-26)27-13-19(31-23(27)29)14-30-18-4-2-1-3-5-18/h1-7,12,17,19H,8-11,13-15H2. The Balaban J connectivity index is 1.21. The first kappa shape index (κ1) is 22.7. The van der Waals surface area contributed by atoms with E-state index in [0.717, 1.165) is 5.75 Å². The first-order valence-corrected chi connectivity index (χ1v) is 11.9.